The first-order chi connectivity index (χ1) is 7.18. The summed E-state index contributed by atoms with van der Waals surface area (Å²) in [7, 11) is 1.68. The van der Waals surface area contributed by atoms with Crippen LogP contribution in [0.4, 0.5) is 0 Å². The summed E-state index contributed by atoms with van der Waals surface area (Å²) in [6, 6.07) is 0. The number of rotatable bonds is 10. The van der Waals surface area contributed by atoms with E-state index in [1.165, 1.54) is 0 Å². The lowest BCUT2D eigenvalue weighted by Gasteiger charge is -2.25. The largest absolute Gasteiger partial charge is 0.382 e. The number of hydrogen-bond donors (Lipinski definition) is 1. The number of nitrogens with one attached hydrogen (secondary N) is 1. The van der Waals surface area contributed by atoms with Gasteiger partial charge in [-0.15, -0.1) is 6.58 Å². The Balaban J connectivity index is 3.63. The van der Waals surface area contributed by atoms with Crippen LogP contribution in [0.1, 0.15) is 20.3 Å². The van der Waals surface area contributed by atoms with E-state index in [0.29, 0.717) is 13.2 Å². The zero-order valence-corrected chi connectivity index (χ0v) is 10.3. The van der Waals surface area contributed by atoms with Gasteiger partial charge in [0.05, 0.1) is 13.2 Å². The maximum Gasteiger partial charge on any atom is 0.0700 e. The summed E-state index contributed by atoms with van der Waals surface area (Å²) in [6.07, 6.45) is 3.00. The monoisotopic (exact) mass is 215 g/mol. The summed E-state index contributed by atoms with van der Waals surface area (Å²) >= 11 is 0. The molecule has 0 aromatic rings. The molecule has 0 spiro atoms. The van der Waals surface area contributed by atoms with E-state index in [9.17, 15) is 0 Å². The second kappa shape index (κ2) is 8.89. The molecule has 0 saturated carbocycles. The molecule has 0 aliphatic heterocycles. The maximum absolute atomic E-state index is 5.45. The molecular formula is C12H25NO2. The lowest BCUT2D eigenvalue weighted by atomic mass is 9.87. The van der Waals surface area contributed by atoms with Crippen molar-refractivity contribution in [2.24, 2.45) is 5.41 Å². The smallest absolute Gasteiger partial charge is 0.0700 e. The number of methoxy groups -OCH3 is 1. The molecule has 0 heterocycles. The molecule has 1 atom stereocenters. The number of ether oxygens (including phenoxy) is 2. The zero-order chi connectivity index (χ0) is 11.6. The third-order valence-electron chi connectivity index (χ3n) is 2.52. The summed E-state index contributed by atoms with van der Waals surface area (Å²) in [5.41, 5.74) is 0.128. The summed E-state index contributed by atoms with van der Waals surface area (Å²) in [4.78, 5) is 0. The standard InChI is InChI=1S/C12H25NO2/c1-5-12(3,11-13-6-2)7-8-15-10-9-14-4/h5,13H,1,6-11H2,2-4H3. The molecule has 3 heteroatoms. The predicted molar refractivity (Wildman–Crippen MR) is 64.2 cm³/mol. The molecule has 0 bridgehead atoms. The molecule has 1 N–H and O–H groups in total. The van der Waals surface area contributed by atoms with Gasteiger partial charge >= 0.3 is 0 Å². The molecule has 0 amide bonds. The van der Waals surface area contributed by atoms with E-state index in [4.69, 9.17) is 9.47 Å². The summed E-state index contributed by atoms with van der Waals surface area (Å²) in [5, 5.41) is 3.34. The van der Waals surface area contributed by atoms with Crippen molar-refractivity contribution in [3.63, 3.8) is 0 Å². The fourth-order valence-corrected chi connectivity index (χ4v) is 1.22. The molecule has 0 aliphatic carbocycles. The van der Waals surface area contributed by atoms with E-state index in [0.717, 1.165) is 26.1 Å². The minimum absolute atomic E-state index is 0.128. The fourth-order valence-electron chi connectivity index (χ4n) is 1.22. The van der Waals surface area contributed by atoms with Crippen LogP contribution in [0.2, 0.25) is 0 Å². The lowest BCUT2D eigenvalue weighted by Crippen LogP contribution is -2.31. The van der Waals surface area contributed by atoms with Gasteiger partial charge in [-0.1, -0.05) is 19.9 Å². The van der Waals surface area contributed by atoms with Crippen molar-refractivity contribution in [3.8, 4) is 0 Å². The first-order valence-electron chi connectivity index (χ1n) is 5.59. The highest BCUT2D eigenvalue weighted by Crippen LogP contribution is 2.21. The van der Waals surface area contributed by atoms with Gasteiger partial charge in [0.1, 0.15) is 0 Å². The van der Waals surface area contributed by atoms with E-state index >= 15 is 0 Å². The third kappa shape index (κ3) is 7.54. The van der Waals surface area contributed by atoms with Crippen LogP contribution < -0.4 is 5.32 Å². The Labute approximate surface area is 93.8 Å². The van der Waals surface area contributed by atoms with Crippen LogP contribution in [0, 0.1) is 5.41 Å². The molecule has 15 heavy (non-hydrogen) atoms. The highest BCUT2D eigenvalue weighted by atomic mass is 16.5. The Bertz CT molecular complexity index is 162. The fraction of sp³-hybridized carbons (Fsp3) is 0.833. The van der Waals surface area contributed by atoms with Crippen molar-refractivity contribution < 1.29 is 9.47 Å². The van der Waals surface area contributed by atoms with Crippen molar-refractivity contribution >= 4 is 0 Å². The number of hydrogen-bond acceptors (Lipinski definition) is 3. The molecule has 0 aromatic heterocycles. The molecule has 0 aliphatic rings. The zero-order valence-electron chi connectivity index (χ0n) is 10.3. The Morgan fingerprint density at radius 3 is 2.60 bits per heavy atom. The van der Waals surface area contributed by atoms with Crippen LogP contribution in [0.5, 0.6) is 0 Å². The third-order valence-corrected chi connectivity index (χ3v) is 2.52. The molecule has 0 rings (SSSR count). The Morgan fingerprint density at radius 1 is 1.33 bits per heavy atom. The molecular weight excluding hydrogens is 190 g/mol. The first-order valence-corrected chi connectivity index (χ1v) is 5.59. The summed E-state index contributed by atoms with van der Waals surface area (Å²) < 4.78 is 10.4. The molecule has 1 unspecified atom stereocenters. The van der Waals surface area contributed by atoms with E-state index in [-0.39, 0.29) is 5.41 Å². The minimum Gasteiger partial charge on any atom is -0.382 e. The van der Waals surface area contributed by atoms with Gasteiger partial charge in [0, 0.05) is 20.3 Å². The van der Waals surface area contributed by atoms with Gasteiger partial charge in [-0.2, -0.15) is 0 Å². The first kappa shape index (κ1) is 14.6. The van der Waals surface area contributed by atoms with E-state index < -0.39 is 0 Å². The van der Waals surface area contributed by atoms with Crippen LogP contribution in [0.3, 0.4) is 0 Å². The maximum atomic E-state index is 5.45. The Hall–Kier alpha value is -0.380. The second-order valence-electron chi connectivity index (χ2n) is 3.99. The van der Waals surface area contributed by atoms with Crippen molar-refractivity contribution in [1.29, 1.82) is 0 Å². The topological polar surface area (TPSA) is 30.5 Å². The Morgan fingerprint density at radius 2 is 2.07 bits per heavy atom. The SMILES string of the molecule is C=CC(C)(CCOCCOC)CNCC. The van der Waals surface area contributed by atoms with Crippen LogP contribution in [0.15, 0.2) is 12.7 Å². The predicted octanol–water partition coefficient (Wildman–Crippen LogP) is 1.84. The van der Waals surface area contributed by atoms with Crippen molar-refractivity contribution in [3.05, 3.63) is 12.7 Å². The van der Waals surface area contributed by atoms with Crippen molar-refractivity contribution in [1.82, 2.24) is 5.32 Å². The molecule has 0 fully saturated rings. The van der Waals surface area contributed by atoms with E-state index in [2.05, 4.69) is 25.7 Å². The van der Waals surface area contributed by atoms with Crippen LogP contribution in [-0.2, 0) is 9.47 Å². The van der Waals surface area contributed by atoms with Crippen LogP contribution in [0.25, 0.3) is 0 Å². The molecule has 0 aromatic carbocycles. The summed E-state index contributed by atoms with van der Waals surface area (Å²) in [6.45, 7) is 12.2. The van der Waals surface area contributed by atoms with Gasteiger partial charge in [-0.25, -0.2) is 0 Å². The highest BCUT2D eigenvalue weighted by Gasteiger charge is 2.18. The lowest BCUT2D eigenvalue weighted by molar-refractivity contribution is 0.0591. The van der Waals surface area contributed by atoms with Gasteiger partial charge in [-0.05, 0) is 18.4 Å². The van der Waals surface area contributed by atoms with Gasteiger partial charge in [0.2, 0.25) is 0 Å². The van der Waals surface area contributed by atoms with Crippen molar-refractivity contribution in [2.75, 3.05) is 40.0 Å². The van der Waals surface area contributed by atoms with Gasteiger partial charge < -0.3 is 14.8 Å². The average molecular weight is 215 g/mol. The molecule has 0 saturated heterocycles. The molecule has 90 valence electrons. The Kier molecular flexibility index (Phi) is 8.67. The van der Waals surface area contributed by atoms with Crippen LogP contribution >= 0.6 is 0 Å². The highest BCUT2D eigenvalue weighted by molar-refractivity contribution is 4.92. The second-order valence-corrected chi connectivity index (χ2v) is 3.99. The van der Waals surface area contributed by atoms with E-state index in [1.54, 1.807) is 7.11 Å². The van der Waals surface area contributed by atoms with Crippen LogP contribution in [-0.4, -0.2) is 40.0 Å². The molecule has 3 nitrogen and oxygen atoms in total. The average Bonchev–Trinajstić information content (AvgIpc) is 2.26. The van der Waals surface area contributed by atoms with Gasteiger partial charge in [0.25, 0.3) is 0 Å². The molecule has 0 radical (unpaired) electrons. The van der Waals surface area contributed by atoms with Gasteiger partial charge in [-0.3, -0.25) is 0 Å². The van der Waals surface area contributed by atoms with Gasteiger partial charge in [0.15, 0.2) is 0 Å². The normalized spacial score (nSPS) is 14.9. The summed E-state index contributed by atoms with van der Waals surface area (Å²) in [5.74, 6) is 0. The quantitative estimate of drug-likeness (QED) is 0.445. The van der Waals surface area contributed by atoms with Crippen molar-refractivity contribution in [2.45, 2.75) is 20.3 Å². The van der Waals surface area contributed by atoms with E-state index in [1.807, 2.05) is 6.08 Å². The minimum atomic E-state index is 0.128.